The zero-order valence-electron chi connectivity index (χ0n) is 15.3. The fourth-order valence-corrected chi connectivity index (χ4v) is 2.80. The van der Waals surface area contributed by atoms with E-state index < -0.39 is 0 Å². The highest BCUT2D eigenvalue weighted by molar-refractivity contribution is 5.99. The summed E-state index contributed by atoms with van der Waals surface area (Å²) in [5.74, 6) is 0.00866. The molecule has 0 saturated heterocycles. The van der Waals surface area contributed by atoms with E-state index in [1.165, 1.54) is 5.56 Å². The summed E-state index contributed by atoms with van der Waals surface area (Å²) >= 11 is 0. The second-order valence-electron chi connectivity index (χ2n) is 5.60. The minimum atomic E-state index is 0.00866. The number of carbonyl (C=O) groups excluding carboxylic acids is 1. The largest absolute Gasteiger partial charge is 0.348 e. The molecule has 1 aliphatic rings. The van der Waals surface area contributed by atoms with Crippen LogP contribution >= 0.6 is 0 Å². The van der Waals surface area contributed by atoms with Crippen molar-refractivity contribution < 1.29 is 4.79 Å². The average molecular weight is 335 g/mol. The van der Waals surface area contributed by atoms with Gasteiger partial charge in [-0.15, -0.1) is 0 Å². The van der Waals surface area contributed by atoms with Crippen molar-refractivity contribution in [1.82, 2.24) is 5.32 Å². The lowest BCUT2D eigenvalue weighted by Gasteiger charge is -2.10. The molecule has 25 heavy (non-hydrogen) atoms. The molecule has 2 aromatic carbocycles. The Hall–Kier alpha value is -2.75. The zero-order chi connectivity index (χ0) is 18.2. The van der Waals surface area contributed by atoms with E-state index >= 15 is 0 Å². The highest BCUT2D eigenvalue weighted by atomic mass is 16.1. The molecule has 3 rings (SSSR count). The van der Waals surface area contributed by atoms with E-state index in [1.54, 1.807) is 6.21 Å². The molecule has 1 amide bonds. The van der Waals surface area contributed by atoms with Gasteiger partial charge in [-0.25, -0.2) is 0 Å². The second kappa shape index (κ2) is 8.92. The van der Waals surface area contributed by atoms with E-state index in [2.05, 4.69) is 33.7 Å². The molecular formula is C21H25N3O. The van der Waals surface area contributed by atoms with Gasteiger partial charge in [-0.3, -0.25) is 4.79 Å². The standard InChI is InChI=1S/C19H19N3O.C2H6/c1-3-21-22-13(2)10-14-6-4-5-7-17(14)15-8-9-16-12-20-19(23)18(16)11-15;1-2/h3-9,11H,10,12H2,1-2H3,(H,20,23);1-2H3/b21-3-,22-13+;. The first-order chi connectivity index (χ1) is 12.2. The van der Waals surface area contributed by atoms with Crippen molar-refractivity contribution in [3.63, 3.8) is 0 Å². The van der Waals surface area contributed by atoms with E-state index in [-0.39, 0.29) is 5.91 Å². The first kappa shape index (κ1) is 18.6. The number of hydrogen-bond donors (Lipinski definition) is 1. The van der Waals surface area contributed by atoms with Gasteiger partial charge in [0.05, 0.1) is 0 Å². The lowest BCUT2D eigenvalue weighted by atomic mass is 9.94. The summed E-state index contributed by atoms with van der Waals surface area (Å²) in [7, 11) is 0. The van der Waals surface area contributed by atoms with Gasteiger partial charge in [0.1, 0.15) is 0 Å². The molecule has 0 aromatic heterocycles. The van der Waals surface area contributed by atoms with Crippen LogP contribution < -0.4 is 5.32 Å². The van der Waals surface area contributed by atoms with E-state index in [1.807, 2.05) is 52.0 Å². The van der Waals surface area contributed by atoms with Crippen molar-refractivity contribution in [3.8, 4) is 11.1 Å². The Morgan fingerprint density at radius 2 is 1.92 bits per heavy atom. The first-order valence-electron chi connectivity index (χ1n) is 8.69. The van der Waals surface area contributed by atoms with E-state index in [9.17, 15) is 4.79 Å². The molecule has 1 N–H and O–H groups in total. The maximum absolute atomic E-state index is 11.9. The molecule has 0 spiro atoms. The fourth-order valence-electron chi connectivity index (χ4n) is 2.80. The number of rotatable bonds is 4. The second-order valence-corrected chi connectivity index (χ2v) is 5.60. The maximum atomic E-state index is 11.9. The Morgan fingerprint density at radius 3 is 2.68 bits per heavy atom. The summed E-state index contributed by atoms with van der Waals surface area (Å²) in [4.78, 5) is 11.9. The van der Waals surface area contributed by atoms with Crippen LogP contribution in [0.3, 0.4) is 0 Å². The maximum Gasteiger partial charge on any atom is 0.251 e. The molecule has 4 heteroatoms. The summed E-state index contributed by atoms with van der Waals surface area (Å²) in [6.07, 6.45) is 2.41. The number of fused-ring (bicyclic) bond motifs is 1. The lowest BCUT2D eigenvalue weighted by Crippen LogP contribution is -2.12. The van der Waals surface area contributed by atoms with Crippen LogP contribution in [0.1, 0.15) is 49.2 Å². The van der Waals surface area contributed by atoms with Gasteiger partial charge >= 0.3 is 0 Å². The number of benzene rings is 2. The minimum absolute atomic E-state index is 0.00866. The highest BCUT2D eigenvalue weighted by Crippen LogP contribution is 2.28. The smallest absolute Gasteiger partial charge is 0.251 e. The van der Waals surface area contributed by atoms with Crippen molar-refractivity contribution in [3.05, 3.63) is 59.2 Å². The average Bonchev–Trinajstić information content (AvgIpc) is 3.02. The Bertz CT molecular complexity index is 807. The van der Waals surface area contributed by atoms with Crippen molar-refractivity contribution in [2.45, 2.75) is 40.7 Å². The zero-order valence-corrected chi connectivity index (χ0v) is 15.3. The number of nitrogens with zero attached hydrogens (tertiary/aromatic N) is 2. The molecule has 1 aliphatic heterocycles. The molecule has 2 aromatic rings. The van der Waals surface area contributed by atoms with Crippen LogP contribution in [-0.4, -0.2) is 17.8 Å². The van der Waals surface area contributed by atoms with Gasteiger partial charge in [-0.1, -0.05) is 50.2 Å². The molecule has 130 valence electrons. The number of amides is 1. The topological polar surface area (TPSA) is 53.8 Å². The molecule has 0 fully saturated rings. The summed E-state index contributed by atoms with van der Waals surface area (Å²) < 4.78 is 0. The van der Waals surface area contributed by atoms with E-state index in [4.69, 9.17) is 0 Å². The Morgan fingerprint density at radius 1 is 1.16 bits per heavy atom. The fraction of sp³-hybridized carbons (Fsp3) is 0.286. The van der Waals surface area contributed by atoms with Crippen LogP contribution in [-0.2, 0) is 13.0 Å². The van der Waals surface area contributed by atoms with E-state index in [0.29, 0.717) is 6.54 Å². The van der Waals surface area contributed by atoms with Crippen molar-refractivity contribution in [2.24, 2.45) is 10.2 Å². The van der Waals surface area contributed by atoms with Crippen LogP contribution in [0, 0.1) is 0 Å². The molecule has 1 heterocycles. The third kappa shape index (κ3) is 4.41. The quantitative estimate of drug-likeness (QED) is 0.642. The molecule has 0 radical (unpaired) electrons. The molecule has 0 saturated carbocycles. The van der Waals surface area contributed by atoms with Gasteiger partial charge in [0, 0.05) is 30.5 Å². The van der Waals surface area contributed by atoms with Gasteiger partial charge in [0.2, 0.25) is 0 Å². The van der Waals surface area contributed by atoms with Crippen LogP contribution in [0.15, 0.2) is 52.7 Å². The third-order valence-electron chi connectivity index (χ3n) is 3.91. The summed E-state index contributed by atoms with van der Waals surface area (Å²) in [6, 6.07) is 14.3. The Balaban J connectivity index is 0.00000109. The Kier molecular flexibility index (Phi) is 6.63. The first-order valence-corrected chi connectivity index (χ1v) is 8.69. The monoisotopic (exact) mass is 335 g/mol. The number of nitrogens with one attached hydrogen (secondary N) is 1. The molecule has 0 aliphatic carbocycles. The lowest BCUT2D eigenvalue weighted by molar-refractivity contribution is 0.0966. The predicted molar refractivity (Wildman–Crippen MR) is 105 cm³/mol. The number of hydrogen-bond acceptors (Lipinski definition) is 3. The number of carbonyl (C=O) groups is 1. The van der Waals surface area contributed by atoms with E-state index in [0.717, 1.165) is 34.4 Å². The van der Waals surface area contributed by atoms with Crippen LogP contribution in [0.4, 0.5) is 0 Å². The third-order valence-corrected chi connectivity index (χ3v) is 3.91. The van der Waals surface area contributed by atoms with Crippen molar-refractivity contribution >= 4 is 17.8 Å². The Labute approximate surface area is 149 Å². The summed E-state index contributed by atoms with van der Waals surface area (Å²) in [5.41, 5.74) is 6.16. The van der Waals surface area contributed by atoms with Crippen LogP contribution in [0.2, 0.25) is 0 Å². The van der Waals surface area contributed by atoms with Crippen LogP contribution in [0.5, 0.6) is 0 Å². The SMILES string of the molecule is C/C=N\N=C(/C)Cc1ccccc1-c1ccc2c(c1)C(=O)NC2.CC. The van der Waals surface area contributed by atoms with Gasteiger partial charge in [0.15, 0.2) is 0 Å². The van der Waals surface area contributed by atoms with Gasteiger partial charge in [0.25, 0.3) is 5.91 Å². The molecule has 0 atom stereocenters. The predicted octanol–water partition coefficient (Wildman–Crippen LogP) is 4.63. The highest BCUT2D eigenvalue weighted by Gasteiger charge is 2.19. The molecule has 0 unspecified atom stereocenters. The van der Waals surface area contributed by atoms with Crippen molar-refractivity contribution in [1.29, 1.82) is 0 Å². The van der Waals surface area contributed by atoms with Crippen molar-refractivity contribution in [2.75, 3.05) is 0 Å². The van der Waals surface area contributed by atoms with Crippen LogP contribution in [0.25, 0.3) is 11.1 Å². The van der Waals surface area contributed by atoms with Gasteiger partial charge in [-0.05, 0) is 42.2 Å². The minimum Gasteiger partial charge on any atom is -0.348 e. The van der Waals surface area contributed by atoms with Gasteiger partial charge < -0.3 is 5.32 Å². The summed E-state index contributed by atoms with van der Waals surface area (Å²) in [5, 5.41) is 11.0. The van der Waals surface area contributed by atoms with Gasteiger partial charge in [-0.2, -0.15) is 10.2 Å². The normalized spacial score (nSPS) is 13.3. The molecular weight excluding hydrogens is 310 g/mol. The summed E-state index contributed by atoms with van der Waals surface area (Å²) in [6.45, 7) is 8.44. The molecule has 4 nitrogen and oxygen atoms in total. The molecule has 0 bridgehead atoms.